The Bertz CT molecular complexity index is 651. The number of rotatable bonds is 0. The molecule has 1 aromatic carbocycles. The largest absolute Gasteiger partial charge is 0.352 e. The van der Waals surface area contributed by atoms with Crippen molar-refractivity contribution in [1.29, 1.82) is 0 Å². The number of hydrogen-bond donors (Lipinski definition) is 0. The molecule has 2 unspecified atom stereocenters. The molecule has 1 aromatic rings. The highest BCUT2D eigenvalue weighted by molar-refractivity contribution is 7.90. The average molecular weight is 262 g/mol. The van der Waals surface area contributed by atoms with E-state index < -0.39 is 10.0 Å². The van der Waals surface area contributed by atoms with E-state index in [1.165, 1.54) is 19.3 Å². The van der Waals surface area contributed by atoms with E-state index in [0.717, 1.165) is 18.0 Å². The molecule has 2 atom stereocenters. The number of amidine groups is 1. The molecule has 2 aliphatic heterocycles. The van der Waals surface area contributed by atoms with Crippen LogP contribution in [0.5, 0.6) is 0 Å². The second-order valence-electron chi connectivity index (χ2n) is 5.37. The van der Waals surface area contributed by atoms with Crippen LogP contribution in [0.15, 0.2) is 33.6 Å². The number of likely N-dealkylation sites (tertiary alicyclic amines) is 1. The highest BCUT2D eigenvalue weighted by Gasteiger charge is 2.42. The van der Waals surface area contributed by atoms with Gasteiger partial charge in [-0.1, -0.05) is 12.1 Å². The van der Waals surface area contributed by atoms with Gasteiger partial charge in [-0.3, -0.25) is 0 Å². The Balaban J connectivity index is 1.83. The molecule has 0 amide bonds. The van der Waals surface area contributed by atoms with Gasteiger partial charge in [0.1, 0.15) is 4.90 Å². The number of hydrogen-bond acceptors (Lipinski definition) is 3. The van der Waals surface area contributed by atoms with Gasteiger partial charge in [-0.25, -0.2) is 0 Å². The predicted molar refractivity (Wildman–Crippen MR) is 68.0 cm³/mol. The van der Waals surface area contributed by atoms with E-state index in [1.54, 1.807) is 12.1 Å². The lowest BCUT2D eigenvalue weighted by molar-refractivity contribution is 0.328. The first-order chi connectivity index (χ1) is 8.65. The molecule has 94 valence electrons. The fraction of sp³-hybridized carbons (Fsp3) is 0.462. The lowest BCUT2D eigenvalue weighted by atomic mass is 10.1. The zero-order valence-corrected chi connectivity index (χ0v) is 10.7. The summed E-state index contributed by atoms with van der Waals surface area (Å²) >= 11 is 0. The standard InChI is InChI=1S/C13H14N2O2S/c16-18(17)12-4-2-1-3-11(12)13(14-18)15-8-9-5-6-10(15)7-9/h1-4,9-10H,5-8H2. The average Bonchev–Trinajstić information content (AvgIpc) is 3.03. The van der Waals surface area contributed by atoms with Crippen molar-refractivity contribution < 1.29 is 8.42 Å². The summed E-state index contributed by atoms with van der Waals surface area (Å²) in [7, 11) is -3.46. The third-order valence-corrected chi connectivity index (χ3v) is 5.62. The molecule has 1 aliphatic carbocycles. The highest BCUT2D eigenvalue weighted by atomic mass is 32.2. The van der Waals surface area contributed by atoms with E-state index in [4.69, 9.17) is 0 Å². The molecule has 0 radical (unpaired) electrons. The van der Waals surface area contributed by atoms with Crippen LogP contribution in [0.3, 0.4) is 0 Å². The summed E-state index contributed by atoms with van der Waals surface area (Å²) in [6, 6.07) is 7.64. The van der Waals surface area contributed by atoms with E-state index in [1.807, 2.05) is 12.1 Å². The molecule has 1 saturated heterocycles. The van der Waals surface area contributed by atoms with Gasteiger partial charge in [0.25, 0.3) is 10.0 Å². The van der Waals surface area contributed by atoms with Gasteiger partial charge < -0.3 is 4.90 Å². The van der Waals surface area contributed by atoms with Crippen molar-refractivity contribution in [2.75, 3.05) is 6.54 Å². The van der Waals surface area contributed by atoms with Crippen LogP contribution in [0.4, 0.5) is 0 Å². The van der Waals surface area contributed by atoms with Crippen LogP contribution in [-0.2, 0) is 10.0 Å². The molecule has 0 N–H and O–H groups in total. The number of benzene rings is 1. The van der Waals surface area contributed by atoms with Crippen LogP contribution < -0.4 is 0 Å². The SMILES string of the molecule is O=S1(=O)N=C(N2CC3CCC2C3)c2ccccc21. The topological polar surface area (TPSA) is 49.7 Å². The Morgan fingerprint density at radius 2 is 2.06 bits per heavy atom. The number of sulfonamides is 1. The molecule has 4 rings (SSSR count). The van der Waals surface area contributed by atoms with Crippen molar-refractivity contribution in [3.8, 4) is 0 Å². The molecule has 1 saturated carbocycles. The summed E-state index contributed by atoms with van der Waals surface area (Å²) in [6.45, 7) is 0.966. The fourth-order valence-electron chi connectivity index (χ4n) is 3.48. The summed E-state index contributed by atoms with van der Waals surface area (Å²) < 4.78 is 28.0. The minimum Gasteiger partial charge on any atom is -0.352 e. The van der Waals surface area contributed by atoms with Crippen molar-refractivity contribution >= 4 is 15.9 Å². The van der Waals surface area contributed by atoms with E-state index in [0.29, 0.717) is 16.8 Å². The first kappa shape index (κ1) is 10.6. The zero-order valence-electron chi connectivity index (χ0n) is 9.91. The number of fused-ring (bicyclic) bond motifs is 3. The molecule has 18 heavy (non-hydrogen) atoms. The van der Waals surface area contributed by atoms with Gasteiger partial charge in [-0.15, -0.1) is 4.40 Å². The van der Waals surface area contributed by atoms with Gasteiger partial charge >= 0.3 is 0 Å². The van der Waals surface area contributed by atoms with E-state index >= 15 is 0 Å². The molecular weight excluding hydrogens is 248 g/mol. The van der Waals surface area contributed by atoms with Gasteiger partial charge in [0.2, 0.25) is 0 Å². The maximum absolute atomic E-state index is 12.0. The smallest absolute Gasteiger partial charge is 0.285 e. The molecule has 0 aromatic heterocycles. The summed E-state index contributed by atoms with van der Waals surface area (Å²) in [5, 5.41) is 0. The van der Waals surface area contributed by atoms with Gasteiger partial charge in [-0.2, -0.15) is 8.42 Å². The Hall–Kier alpha value is -1.36. The molecule has 3 aliphatic rings. The molecule has 4 nitrogen and oxygen atoms in total. The fourth-order valence-corrected chi connectivity index (χ4v) is 4.70. The Morgan fingerprint density at radius 3 is 2.78 bits per heavy atom. The van der Waals surface area contributed by atoms with Crippen LogP contribution in [0.1, 0.15) is 24.8 Å². The van der Waals surface area contributed by atoms with Gasteiger partial charge in [0, 0.05) is 18.2 Å². The van der Waals surface area contributed by atoms with Crippen LogP contribution in [0.25, 0.3) is 0 Å². The summed E-state index contributed by atoms with van der Waals surface area (Å²) in [5.74, 6) is 1.41. The number of piperidine rings is 1. The van der Waals surface area contributed by atoms with Crippen molar-refractivity contribution in [1.82, 2.24) is 4.90 Å². The van der Waals surface area contributed by atoms with Crippen molar-refractivity contribution in [2.45, 2.75) is 30.2 Å². The van der Waals surface area contributed by atoms with Gasteiger partial charge in [0.15, 0.2) is 5.84 Å². The summed E-state index contributed by atoms with van der Waals surface area (Å²) in [4.78, 5) is 2.57. The Morgan fingerprint density at radius 1 is 1.22 bits per heavy atom. The molecule has 5 heteroatoms. The van der Waals surface area contributed by atoms with Crippen LogP contribution in [0, 0.1) is 5.92 Å². The maximum atomic E-state index is 12.0. The third kappa shape index (κ3) is 1.31. The normalized spacial score (nSPS) is 31.6. The Kier molecular flexibility index (Phi) is 1.96. The molecule has 2 fully saturated rings. The quantitative estimate of drug-likeness (QED) is 0.714. The van der Waals surface area contributed by atoms with E-state index in [2.05, 4.69) is 9.30 Å². The molecule has 2 bridgehead atoms. The van der Waals surface area contributed by atoms with Crippen LogP contribution in [0.2, 0.25) is 0 Å². The van der Waals surface area contributed by atoms with Gasteiger partial charge in [0.05, 0.1) is 0 Å². The minimum absolute atomic E-state index is 0.364. The van der Waals surface area contributed by atoms with Crippen molar-refractivity contribution in [2.24, 2.45) is 10.3 Å². The van der Waals surface area contributed by atoms with Crippen LogP contribution >= 0.6 is 0 Å². The first-order valence-corrected chi connectivity index (χ1v) is 7.80. The van der Waals surface area contributed by atoms with Crippen molar-refractivity contribution in [3.05, 3.63) is 29.8 Å². The van der Waals surface area contributed by atoms with Gasteiger partial charge in [-0.05, 0) is 37.3 Å². The summed E-state index contributed by atoms with van der Waals surface area (Å²) in [5.41, 5.74) is 0.782. The van der Waals surface area contributed by atoms with Crippen LogP contribution in [-0.4, -0.2) is 31.7 Å². The Labute approximate surface area is 106 Å². The van der Waals surface area contributed by atoms with E-state index in [9.17, 15) is 8.42 Å². The minimum atomic E-state index is -3.46. The predicted octanol–water partition coefficient (Wildman–Crippen LogP) is 1.62. The molecule has 2 heterocycles. The first-order valence-electron chi connectivity index (χ1n) is 6.36. The molecule has 0 spiro atoms. The maximum Gasteiger partial charge on any atom is 0.285 e. The number of nitrogens with zero attached hydrogens (tertiary/aromatic N) is 2. The third-order valence-electron chi connectivity index (χ3n) is 4.29. The van der Waals surface area contributed by atoms with Crippen molar-refractivity contribution in [3.63, 3.8) is 0 Å². The lowest BCUT2D eigenvalue weighted by Crippen LogP contribution is -2.37. The summed E-state index contributed by atoms with van der Waals surface area (Å²) in [6.07, 6.45) is 3.65. The lowest BCUT2D eigenvalue weighted by Gasteiger charge is -2.28. The monoisotopic (exact) mass is 262 g/mol. The zero-order chi connectivity index (χ0) is 12.3. The van der Waals surface area contributed by atoms with E-state index in [-0.39, 0.29) is 0 Å². The highest BCUT2D eigenvalue weighted by Crippen LogP contribution is 2.40. The molecular formula is C13H14N2O2S. The second kappa shape index (κ2) is 3.35. The second-order valence-corrected chi connectivity index (χ2v) is 6.94.